The number of aromatic nitrogens is 1. The fourth-order valence-corrected chi connectivity index (χ4v) is 2.43. The third-order valence-electron chi connectivity index (χ3n) is 3.08. The highest BCUT2D eigenvalue weighted by molar-refractivity contribution is 5.15. The summed E-state index contributed by atoms with van der Waals surface area (Å²) < 4.78 is 8.16. The minimum absolute atomic E-state index is 0.0494. The van der Waals surface area contributed by atoms with Crippen LogP contribution in [-0.2, 0) is 4.74 Å². The molecule has 78 valence electrons. The van der Waals surface area contributed by atoms with Gasteiger partial charge in [-0.15, -0.1) is 0 Å². The topological polar surface area (TPSA) is 14.2 Å². The van der Waals surface area contributed by atoms with Crippen molar-refractivity contribution in [1.82, 2.24) is 4.57 Å². The molecule has 0 bridgehead atoms. The second-order valence-electron chi connectivity index (χ2n) is 4.91. The zero-order valence-electron chi connectivity index (χ0n) is 9.50. The van der Waals surface area contributed by atoms with Gasteiger partial charge in [0.15, 0.2) is 0 Å². The Morgan fingerprint density at radius 1 is 1.29 bits per heavy atom. The molecule has 2 rings (SSSR count). The van der Waals surface area contributed by atoms with Gasteiger partial charge in [0, 0.05) is 11.4 Å². The molecule has 0 amide bonds. The van der Waals surface area contributed by atoms with E-state index in [1.807, 2.05) is 0 Å². The van der Waals surface area contributed by atoms with Crippen molar-refractivity contribution in [3.05, 3.63) is 23.5 Å². The summed E-state index contributed by atoms with van der Waals surface area (Å²) in [6, 6.07) is 4.89. The van der Waals surface area contributed by atoms with E-state index in [1.165, 1.54) is 11.4 Å². The van der Waals surface area contributed by atoms with E-state index in [1.54, 1.807) is 0 Å². The summed E-state index contributed by atoms with van der Waals surface area (Å²) in [7, 11) is 0. The van der Waals surface area contributed by atoms with Crippen molar-refractivity contribution in [2.24, 2.45) is 0 Å². The van der Waals surface area contributed by atoms with Crippen molar-refractivity contribution >= 4 is 0 Å². The summed E-state index contributed by atoms with van der Waals surface area (Å²) >= 11 is 0. The lowest BCUT2D eigenvalue weighted by molar-refractivity contribution is 0.0352. The number of aryl methyl sites for hydroxylation is 2. The van der Waals surface area contributed by atoms with Crippen molar-refractivity contribution in [2.75, 3.05) is 6.61 Å². The van der Waals surface area contributed by atoms with Crippen LogP contribution in [0.2, 0.25) is 0 Å². The van der Waals surface area contributed by atoms with Crippen LogP contribution < -0.4 is 0 Å². The molecule has 0 saturated carbocycles. The van der Waals surface area contributed by atoms with Crippen molar-refractivity contribution in [2.45, 2.75) is 45.8 Å². The summed E-state index contributed by atoms with van der Waals surface area (Å²) in [5, 5.41) is 0. The summed E-state index contributed by atoms with van der Waals surface area (Å²) in [6.07, 6.45) is 1.11. The van der Waals surface area contributed by atoms with E-state index in [4.69, 9.17) is 4.74 Å². The Hall–Kier alpha value is -0.760. The quantitative estimate of drug-likeness (QED) is 0.669. The largest absolute Gasteiger partial charge is 0.373 e. The lowest BCUT2D eigenvalue weighted by Gasteiger charge is -2.18. The molecule has 0 N–H and O–H groups in total. The molecule has 1 aliphatic rings. The van der Waals surface area contributed by atoms with Crippen LogP contribution in [0.15, 0.2) is 12.1 Å². The smallest absolute Gasteiger partial charge is 0.0682 e. The maximum atomic E-state index is 5.77. The third kappa shape index (κ3) is 1.59. The van der Waals surface area contributed by atoms with Crippen LogP contribution in [-0.4, -0.2) is 16.8 Å². The highest BCUT2D eigenvalue weighted by atomic mass is 16.5. The van der Waals surface area contributed by atoms with E-state index in [2.05, 4.69) is 44.4 Å². The molecule has 0 spiro atoms. The molecule has 2 heteroatoms. The molecular formula is C12H19NO. The fraction of sp³-hybridized carbons (Fsp3) is 0.667. The average molecular weight is 193 g/mol. The average Bonchev–Trinajstić information content (AvgIpc) is 2.56. The zero-order valence-corrected chi connectivity index (χ0v) is 9.50. The van der Waals surface area contributed by atoms with Crippen LogP contribution in [0.5, 0.6) is 0 Å². The van der Waals surface area contributed by atoms with Crippen LogP contribution in [0.1, 0.15) is 37.7 Å². The van der Waals surface area contributed by atoms with E-state index in [0.29, 0.717) is 6.04 Å². The Balaban J connectivity index is 2.25. The molecule has 1 saturated heterocycles. The molecule has 1 aliphatic heterocycles. The predicted octanol–water partition coefficient (Wildman–Crippen LogP) is 2.84. The monoisotopic (exact) mass is 193 g/mol. The van der Waals surface area contributed by atoms with Crippen molar-refractivity contribution in [3.63, 3.8) is 0 Å². The Morgan fingerprint density at radius 3 is 2.29 bits per heavy atom. The van der Waals surface area contributed by atoms with Gasteiger partial charge in [-0.25, -0.2) is 0 Å². The molecule has 1 atom stereocenters. The van der Waals surface area contributed by atoms with Gasteiger partial charge >= 0.3 is 0 Å². The first-order chi connectivity index (χ1) is 6.49. The molecule has 1 aromatic heterocycles. The van der Waals surface area contributed by atoms with E-state index in [-0.39, 0.29) is 5.60 Å². The number of hydrogen-bond donors (Lipinski definition) is 0. The minimum atomic E-state index is 0.0494. The minimum Gasteiger partial charge on any atom is -0.373 e. The van der Waals surface area contributed by atoms with Crippen molar-refractivity contribution < 1.29 is 4.74 Å². The molecule has 2 nitrogen and oxygen atoms in total. The summed E-state index contributed by atoms with van der Waals surface area (Å²) in [4.78, 5) is 0. The van der Waals surface area contributed by atoms with Gasteiger partial charge in [0.1, 0.15) is 0 Å². The Morgan fingerprint density at radius 2 is 1.86 bits per heavy atom. The molecule has 1 fully saturated rings. The summed E-state index contributed by atoms with van der Waals surface area (Å²) in [5.41, 5.74) is 2.73. The first-order valence-corrected chi connectivity index (χ1v) is 5.28. The normalized spacial score (nSPS) is 25.6. The van der Waals surface area contributed by atoms with Gasteiger partial charge in [0.05, 0.1) is 18.2 Å². The van der Waals surface area contributed by atoms with Gasteiger partial charge < -0.3 is 9.30 Å². The first-order valence-electron chi connectivity index (χ1n) is 5.28. The van der Waals surface area contributed by atoms with Gasteiger partial charge in [0.25, 0.3) is 0 Å². The van der Waals surface area contributed by atoms with Crippen LogP contribution in [0.3, 0.4) is 0 Å². The third-order valence-corrected chi connectivity index (χ3v) is 3.08. The van der Waals surface area contributed by atoms with Crippen LogP contribution in [0.4, 0.5) is 0 Å². The Labute approximate surface area is 85.9 Å². The van der Waals surface area contributed by atoms with Gasteiger partial charge in [-0.1, -0.05) is 0 Å². The van der Waals surface area contributed by atoms with Gasteiger partial charge in [0.2, 0.25) is 0 Å². The van der Waals surface area contributed by atoms with Gasteiger partial charge in [-0.05, 0) is 46.2 Å². The van der Waals surface area contributed by atoms with E-state index in [9.17, 15) is 0 Å². The van der Waals surface area contributed by atoms with Gasteiger partial charge in [-0.2, -0.15) is 0 Å². The number of nitrogens with zero attached hydrogens (tertiary/aromatic N) is 1. The van der Waals surface area contributed by atoms with Gasteiger partial charge in [-0.3, -0.25) is 0 Å². The standard InChI is InChI=1S/C12H19NO/c1-9-5-6-10(2)13(9)11-7-12(3,4)14-8-11/h5-6,11H,7-8H2,1-4H3. The molecule has 0 aliphatic carbocycles. The molecule has 0 aromatic carbocycles. The van der Waals surface area contributed by atoms with Crippen LogP contribution >= 0.6 is 0 Å². The van der Waals surface area contributed by atoms with Crippen LogP contribution in [0, 0.1) is 13.8 Å². The fourth-order valence-electron chi connectivity index (χ4n) is 2.43. The number of rotatable bonds is 1. The Kier molecular flexibility index (Phi) is 2.18. The summed E-state index contributed by atoms with van der Waals surface area (Å²) in [5.74, 6) is 0. The van der Waals surface area contributed by atoms with E-state index < -0.39 is 0 Å². The Bertz CT molecular complexity index is 319. The van der Waals surface area contributed by atoms with E-state index in [0.717, 1.165) is 13.0 Å². The molecule has 1 unspecified atom stereocenters. The molecule has 14 heavy (non-hydrogen) atoms. The lowest BCUT2D eigenvalue weighted by Crippen LogP contribution is -2.17. The lowest BCUT2D eigenvalue weighted by atomic mass is 10.0. The molecule has 1 aromatic rings. The summed E-state index contributed by atoms with van der Waals surface area (Å²) in [6.45, 7) is 9.52. The van der Waals surface area contributed by atoms with E-state index >= 15 is 0 Å². The number of hydrogen-bond acceptors (Lipinski definition) is 1. The number of ether oxygens (including phenoxy) is 1. The molecule has 2 heterocycles. The highest BCUT2D eigenvalue weighted by Gasteiger charge is 2.33. The van der Waals surface area contributed by atoms with Crippen molar-refractivity contribution in [1.29, 1.82) is 0 Å². The molecule has 0 radical (unpaired) electrons. The highest BCUT2D eigenvalue weighted by Crippen LogP contribution is 2.34. The zero-order chi connectivity index (χ0) is 10.3. The van der Waals surface area contributed by atoms with Crippen molar-refractivity contribution in [3.8, 4) is 0 Å². The second kappa shape index (κ2) is 3.13. The maximum Gasteiger partial charge on any atom is 0.0682 e. The molecular weight excluding hydrogens is 174 g/mol. The predicted molar refractivity (Wildman–Crippen MR) is 57.6 cm³/mol. The SMILES string of the molecule is Cc1ccc(C)n1C1COC(C)(C)C1. The first kappa shape index (κ1) is 9.78. The maximum absolute atomic E-state index is 5.77. The van der Waals surface area contributed by atoms with Crippen LogP contribution in [0.25, 0.3) is 0 Å². The second-order valence-corrected chi connectivity index (χ2v) is 4.91.